The van der Waals surface area contributed by atoms with Crippen LogP contribution < -0.4 is 9.64 Å². The van der Waals surface area contributed by atoms with Gasteiger partial charge in [-0.3, -0.25) is 4.90 Å². The van der Waals surface area contributed by atoms with E-state index >= 15 is 0 Å². The number of benzene rings is 1. The van der Waals surface area contributed by atoms with Crippen LogP contribution >= 0.6 is 0 Å². The molecule has 2 aromatic rings. The molecule has 0 N–H and O–H groups in total. The minimum absolute atomic E-state index is 0.238. The molecular weight excluding hydrogens is 411 g/mol. The number of halogens is 1. The van der Waals surface area contributed by atoms with E-state index in [9.17, 15) is 12.8 Å². The number of aromatic nitrogens is 2. The topological polar surface area (TPSA) is 88.8 Å². The molecular formula is C20H29FN4O4S. The number of sulfone groups is 1. The molecule has 166 valence electrons. The van der Waals surface area contributed by atoms with Gasteiger partial charge in [0.1, 0.15) is 23.1 Å². The largest absolute Gasteiger partial charge is 0.492 e. The van der Waals surface area contributed by atoms with Gasteiger partial charge in [-0.15, -0.1) is 0 Å². The van der Waals surface area contributed by atoms with Crippen LogP contribution in [0.2, 0.25) is 0 Å². The van der Waals surface area contributed by atoms with Gasteiger partial charge in [-0.1, -0.05) is 19.0 Å². The zero-order valence-corrected chi connectivity index (χ0v) is 18.7. The van der Waals surface area contributed by atoms with Gasteiger partial charge in [-0.2, -0.15) is 4.98 Å². The summed E-state index contributed by atoms with van der Waals surface area (Å²) in [6.45, 7) is 6.81. The van der Waals surface area contributed by atoms with Crippen LogP contribution in [0, 0.1) is 5.82 Å². The Balaban J connectivity index is 1.45. The fourth-order valence-electron chi connectivity index (χ4n) is 3.45. The van der Waals surface area contributed by atoms with Crippen molar-refractivity contribution in [3.05, 3.63) is 29.8 Å². The summed E-state index contributed by atoms with van der Waals surface area (Å²) in [5.41, 5.74) is 0. The first-order chi connectivity index (χ1) is 14.1. The Bertz CT molecular complexity index is 955. The first-order valence-corrected chi connectivity index (χ1v) is 12.0. The zero-order chi connectivity index (χ0) is 21.9. The number of hydrogen-bond acceptors (Lipinski definition) is 8. The number of likely N-dealkylation sites (N-methyl/N-ethyl adjacent to an activating group) is 1. The molecule has 0 aliphatic carbocycles. The van der Waals surface area contributed by atoms with Crippen LogP contribution in [0.4, 0.5) is 10.4 Å². The molecule has 0 amide bonds. The van der Waals surface area contributed by atoms with Crippen molar-refractivity contribution in [3.8, 4) is 5.75 Å². The van der Waals surface area contributed by atoms with E-state index in [2.05, 4.69) is 19.9 Å². The maximum Gasteiger partial charge on any atom is 0.324 e. The summed E-state index contributed by atoms with van der Waals surface area (Å²) < 4.78 is 47.9. The molecule has 8 nitrogen and oxygen atoms in total. The van der Waals surface area contributed by atoms with Crippen molar-refractivity contribution in [2.75, 3.05) is 44.4 Å². The molecule has 1 aromatic carbocycles. The Labute approximate surface area is 176 Å². The van der Waals surface area contributed by atoms with Crippen LogP contribution in [0.1, 0.15) is 38.4 Å². The lowest BCUT2D eigenvalue weighted by Crippen LogP contribution is -2.44. The molecule has 0 radical (unpaired) electrons. The average molecular weight is 441 g/mol. The third-order valence-corrected chi connectivity index (χ3v) is 6.45. The van der Waals surface area contributed by atoms with E-state index in [-0.39, 0.29) is 10.8 Å². The standard InChI is InChI=1S/C20H29FN4O4S/c1-14(2)19-22-20(29-23-19)25-9-7-15(8-10-25)24(3)11-12-28-16-5-6-18(17(21)13-16)30(4,26)27/h5-6,13-15H,7-12H2,1-4H3. The predicted molar refractivity (Wildman–Crippen MR) is 111 cm³/mol. The number of ether oxygens (including phenoxy) is 1. The molecule has 0 saturated carbocycles. The van der Waals surface area contributed by atoms with Crippen LogP contribution in [-0.4, -0.2) is 69.0 Å². The maximum atomic E-state index is 14.0. The number of rotatable bonds is 8. The highest BCUT2D eigenvalue weighted by molar-refractivity contribution is 7.90. The highest BCUT2D eigenvalue weighted by atomic mass is 32.2. The lowest BCUT2D eigenvalue weighted by molar-refractivity contribution is 0.169. The normalized spacial score (nSPS) is 15.9. The lowest BCUT2D eigenvalue weighted by atomic mass is 10.0. The Morgan fingerprint density at radius 1 is 1.33 bits per heavy atom. The van der Waals surface area contributed by atoms with Gasteiger partial charge in [0, 0.05) is 43.9 Å². The zero-order valence-electron chi connectivity index (χ0n) is 17.8. The molecule has 1 aliphatic heterocycles. The molecule has 0 spiro atoms. The number of nitrogens with zero attached hydrogens (tertiary/aromatic N) is 4. The monoisotopic (exact) mass is 440 g/mol. The molecule has 2 heterocycles. The van der Waals surface area contributed by atoms with Crippen molar-refractivity contribution in [2.45, 2.75) is 43.5 Å². The van der Waals surface area contributed by atoms with E-state index in [0.29, 0.717) is 31.0 Å². The number of hydrogen-bond donors (Lipinski definition) is 0. The molecule has 1 fully saturated rings. The van der Waals surface area contributed by atoms with Crippen LogP contribution in [0.15, 0.2) is 27.6 Å². The number of piperidine rings is 1. The third-order valence-electron chi connectivity index (χ3n) is 5.32. The summed E-state index contributed by atoms with van der Waals surface area (Å²) in [4.78, 5) is 8.49. The minimum atomic E-state index is -3.58. The maximum absolute atomic E-state index is 14.0. The fraction of sp³-hybridized carbons (Fsp3) is 0.600. The second-order valence-corrected chi connectivity index (χ2v) is 9.99. The van der Waals surface area contributed by atoms with Crippen molar-refractivity contribution >= 4 is 15.9 Å². The Kier molecular flexibility index (Phi) is 6.97. The van der Waals surface area contributed by atoms with Gasteiger partial charge in [0.15, 0.2) is 15.7 Å². The van der Waals surface area contributed by atoms with Gasteiger partial charge in [-0.05, 0) is 32.0 Å². The molecule has 1 saturated heterocycles. The summed E-state index contributed by atoms with van der Waals surface area (Å²) in [5, 5.41) is 4.02. The van der Waals surface area contributed by atoms with Gasteiger partial charge in [0.25, 0.3) is 0 Å². The smallest absolute Gasteiger partial charge is 0.324 e. The lowest BCUT2D eigenvalue weighted by Gasteiger charge is -2.35. The van der Waals surface area contributed by atoms with E-state index in [1.165, 1.54) is 12.1 Å². The van der Waals surface area contributed by atoms with Crippen molar-refractivity contribution in [1.82, 2.24) is 15.0 Å². The second-order valence-electron chi connectivity index (χ2n) is 8.00. The molecule has 0 atom stereocenters. The highest BCUT2D eigenvalue weighted by Crippen LogP contribution is 2.23. The van der Waals surface area contributed by atoms with Gasteiger partial charge in [0.2, 0.25) is 0 Å². The Morgan fingerprint density at radius 2 is 2.03 bits per heavy atom. The highest BCUT2D eigenvalue weighted by Gasteiger charge is 2.25. The molecule has 1 aliphatic rings. The van der Waals surface area contributed by atoms with Gasteiger partial charge in [0.05, 0.1) is 0 Å². The molecule has 10 heteroatoms. The molecule has 0 unspecified atom stereocenters. The van der Waals surface area contributed by atoms with Crippen molar-refractivity contribution < 1.29 is 22.1 Å². The SMILES string of the molecule is CC(C)c1noc(N2CCC(N(C)CCOc3ccc(S(C)(=O)=O)c(F)c3)CC2)n1. The summed E-state index contributed by atoms with van der Waals surface area (Å²) in [6, 6.07) is 4.82. The second kappa shape index (κ2) is 9.30. The van der Waals surface area contributed by atoms with E-state index in [1.807, 2.05) is 20.9 Å². The van der Waals surface area contributed by atoms with Crippen molar-refractivity contribution in [1.29, 1.82) is 0 Å². The van der Waals surface area contributed by atoms with Crippen LogP contribution in [0.25, 0.3) is 0 Å². The predicted octanol–water partition coefficient (Wildman–Crippen LogP) is 2.72. The molecule has 30 heavy (non-hydrogen) atoms. The van der Waals surface area contributed by atoms with Crippen molar-refractivity contribution in [3.63, 3.8) is 0 Å². The Morgan fingerprint density at radius 3 is 2.60 bits per heavy atom. The van der Waals surface area contributed by atoms with Crippen LogP contribution in [-0.2, 0) is 9.84 Å². The summed E-state index contributed by atoms with van der Waals surface area (Å²) in [6.07, 6.45) is 2.91. The fourth-order valence-corrected chi connectivity index (χ4v) is 4.18. The summed E-state index contributed by atoms with van der Waals surface area (Å²) >= 11 is 0. The Hall–Kier alpha value is -2.20. The summed E-state index contributed by atoms with van der Waals surface area (Å²) in [5.74, 6) is 0.488. The van der Waals surface area contributed by atoms with Gasteiger partial charge in [-0.25, -0.2) is 12.8 Å². The first-order valence-electron chi connectivity index (χ1n) is 10.1. The third kappa shape index (κ3) is 5.48. The quantitative estimate of drug-likeness (QED) is 0.619. The average Bonchev–Trinajstić information content (AvgIpc) is 3.18. The van der Waals surface area contributed by atoms with Crippen LogP contribution in [0.3, 0.4) is 0 Å². The molecule has 1 aromatic heterocycles. The van der Waals surface area contributed by atoms with E-state index in [1.54, 1.807) is 0 Å². The molecule has 0 bridgehead atoms. The van der Waals surface area contributed by atoms with Crippen molar-refractivity contribution in [2.24, 2.45) is 0 Å². The first kappa shape index (κ1) is 22.5. The minimum Gasteiger partial charge on any atom is -0.492 e. The van der Waals surface area contributed by atoms with Gasteiger partial charge >= 0.3 is 6.01 Å². The van der Waals surface area contributed by atoms with E-state index in [0.717, 1.165) is 44.1 Å². The van der Waals surface area contributed by atoms with Crippen LogP contribution in [0.5, 0.6) is 5.75 Å². The number of anilines is 1. The molecule has 3 rings (SSSR count). The van der Waals surface area contributed by atoms with Gasteiger partial charge < -0.3 is 14.2 Å². The summed E-state index contributed by atoms with van der Waals surface area (Å²) in [7, 11) is -1.54. The van der Waals surface area contributed by atoms with E-state index in [4.69, 9.17) is 9.26 Å². The van der Waals surface area contributed by atoms with E-state index < -0.39 is 15.7 Å².